The fraction of sp³-hybridized carbons (Fsp3) is 0.481. The summed E-state index contributed by atoms with van der Waals surface area (Å²) in [5.74, 6) is 0.00983. The number of benzene rings is 1. The molecule has 9 heteroatoms. The number of carbonyl (C=O) groups excluding carboxylic acids is 1. The van der Waals surface area contributed by atoms with Crippen molar-refractivity contribution < 1.29 is 13.2 Å². The molecule has 0 spiro atoms. The van der Waals surface area contributed by atoms with Crippen molar-refractivity contribution in [3.63, 3.8) is 0 Å². The second kappa shape index (κ2) is 13.0. The minimum Gasteiger partial charge on any atom is -0.331 e. The third kappa shape index (κ3) is 7.31. The van der Waals surface area contributed by atoms with Gasteiger partial charge in [0, 0.05) is 43.0 Å². The van der Waals surface area contributed by atoms with E-state index in [0.717, 1.165) is 31.2 Å². The number of hydrogen-bond donors (Lipinski definition) is 0. The Morgan fingerprint density at radius 3 is 2.33 bits per heavy atom. The lowest BCUT2D eigenvalue weighted by molar-refractivity contribution is -0.145. The number of piperidine rings is 1. The number of likely N-dealkylation sites (tertiary alicyclic amines) is 1. The highest BCUT2D eigenvalue weighted by Gasteiger charge is 2.42. The predicted octanol–water partition coefficient (Wildman–Crippen LogP) is 6.13. The van der Waals surface area contributed by atoms with Gasteiger partial charge in [-0.05, 0) is 68.4 Å². The number of carbonyl (C=O) groups is 1. The van der Waals surface area contributed by atoms with Crippen molar-refractivity contribution in [2.24, 2.45) is 5.92 Å². The highest BCUT2D eigenvalue weighted by molar-refractivity contribution is 7.90. The molecule has 3 atom stereocenters. The van der Waals surface area contributed by atoms with Crippen molar-refractivity contribution in [1.82, 2.24) is 14.2 Å². The molecule has 196 valence electrons. The quantitative estimate of drug-likeness (QED) is 0.351. The van der Waals surface area contributed by atoms with Gasteiger partial charge in [-0.2, -0.15) is 0 Å². The second-order valence-corrected chi connectivity index (χ2v) is 12.6. The van der Waals surface area contributed by atoms with Crippen molar-refractivity contribution in [1.29, 1.82) is 0 Å². The number of hydrogen-bond acceptors (Lipinski definition) is 4. The van der Waals surface area contributed by atoms with E-state index in [4.69, 9.17) is 23.2 Å². The molecule has 1 aromatic carbocycles. The molecular weight excluding hydrogens is 517 g/mol. The van der Waals surface area contributed by atoms with Gasteiger partial charge < -0.3 is 4.90 Å². The van der Waals surface area contributed by atoms with E-state index in [1.165, 1.54) is 4.31 Å². The summed E-state index contributed by atoms with van der Waals surface area (Å²) in [6.45, 7) is 6.15. The number of aromatic nitrogens is 1. The Bertz CT molecular complexity index is 1110. The Kier molecular flexibility index (Phi) is 10.4. The van der Waals surface area contributed by atoms with Gasteiger partial charge in [-0.15, -0.1) is 6.58 Å². The fourth-order valence-electron chi connectivity index (χ4n) is 4.63. The zero-order valence-corrected chi connectivity index (χ0v) is 23.2. The van der Waals surface area contributed by atoms with Crippen molar-refractivity contribution in [2.75, 3.05) is 13.6 Å². The largest absolute Gasteiger partial charge is 0.331 e. The average Bonchev–Trinajstić information content (AvgIpc) is 3.72. The van der Waals surface area contributed by atoms with E-state index in [0.29, 0.717) is 29.4 Å². The molecule has 2 fully saturated rings. The van der Waals surface area contributed by atoms with Crippen LogP contribution < -0.4 is 0 Å². The Morgan fingerprint density at radius 1 is 1.14 bits per heavy atom. The molecule has 1 amide bonds. The van der Waals surface area contributed by atoms with E-state index in [9.17, 15) is 13.2 Å². The molecular formula is C27H35Cl2N3O3S. The molecule has 6 nitrogen and oxygen atoms in total. The van der Waals surface area contributed by atoms with Crippen LogP contribution in [-0.4, -0.2) is 53.4 Å². The van der Waals surface area contributed by atoms with Crippen molar-refractivity contribution >= 4 is 39.1 Å². The van der Waals surface area contributed by atoms with E-state index >= 15 is 0 Å². The Morgan fingerprint density at radius 2 is 1.83 bits per heavy atom. The van der Waals surface area contributed by atoms with Crippen molar-refractivity contribution in [3.05, 3.63) is 77.1 Å². The molecule has 2 aromatic rings. The molecule has 3 unspecified atom stereocenters. The first-order chi connectivity index (χ1) is 17.2. The zero-order chi connectivity index (χ0) is 26.3. The molecule has 2 heterocycles. The number of amides is 1. The van der Waals surface area contributed by atoms with Gasteiger partial charge in [0.2, 0.25) is 15.9 Å². The van der Waals surface area contributed by atoms with Crippen LogP contribution in [0.15, 0.2) is 61.4 Å². The lowest BCUT2D eigenvalue weighted by Gasteiger charge is -2.45. The third-order valence-corrected chi connectivity index (χ3v) is 9.58. The van der Waals surface area contributed by atoms with Crippen LogP contribution in [0.4, 0.5) is 0 Å². The Labute approximate surface area is 225 Å². The normalized spacial score (nSPS) is 21.0. The molecule has 1 aliphatic carbocycles. The Balaban J connectivity index is 0.000000444. The standard InChI is InChI=1S/C22H31ClN2O3S.C5H4ClN/c1-4-6-17-9-14-21(16-7-10-18(23)11-8-16)25(22(17)26)19(5-2)15-24(3)29(27,28)20-12-13-20;6-5-2-1-3-7-4-5/h4,7-8,10-11,17,19-21H,1,5-6,9,12-15H2,2-3H3;1-4H. The topological polar surface area (TPSA) is 70.6 Å². The van der Waals surface area contributed by atoms with Crippen molar-refractivity contribution in [3.8, 4) is 0 Å². The van der Waals surface area contributed by atoms with Crippen LogP contribution in [0.5, 0.6) is 0 Å². The molecule has 0 bridgehead atoms. The zero-order valence-electron chi connectivity index (χ0n) is 20.9. The summed E-state index contributed by atoms with van der Waals surface area (Å²) in [5, 5.41) is 1.10. The van der Waals surface area contributed by atoms with Crippen molar-refractivity contribution in [2.45, 2.75) is 62.8 Å². The first-order valence-electron chi connectivity index (χ1n) is 12.4. The number of rotatable bonds is 9. The van der Waals surface area contributed by atoms with Gasteiger partial charge in [-0.1, -0.05) is 48.3 Å². The molecule has 1 aliphatic heterocycles. The third-order valence-electron chi connectivity index (χ3n) is 6.77. The summed E-state index contributed by atoms with van der Waals surface area (Å²) in [5.41, 5.74) is 1.05. The maximum atomic E-state index is 13.4. The molecule has 1 aromatic heterocycles. The van der Waals surface area contributed by atoms with Gasteiger partial charge in [-0.3, -0.25) is 9.78 Å². The van der Waals surface area contributed by atoms with E-state index < -0.39 is 10.0 Å². The van der Waals surface area contributed by atoms with Gasteiger partial charge in [-0.25, -0.2) is 12.7 Å². The summed E-state index contributed by atoms with van der Waals surface area (Å²) in [4.78, 5) is 19.1. The minimum atomic E-state index is -3.28. The molecule has 2 aliphatic rings. The molecule has 0 radical (unpaired) electrons. The molecule has 0 N–H and O–H groups in total. The number of sulfonamides is 1. The van der Waals surface area contributed by atoms with Gasteiger partial charge in [0.05, 0.1) is 16.3 Å². The number of halogens is 2. The Hall–Kier alpha value is -1.93. The van der Waals surface area contributed by atoms with Gasteiger partial charge in [0.15, 0.2) is 0 Å². The molecule has 1 saturated heterocycles. The van der Waals surface area contributed by atoms with Crippen LogP contribution >= 0.6 is 23.2 Å². The summed E-state index contributed by atoms with van der Waals surface area (Å²) in [6.07, 6.45) is 9.56. The second-order valence-electron chi connectivity index (χ2n) is 9.37. The number of allylic oxidation sites excluding steroid dienone is 1. The highest BCUT2D eigenvalue weighted by atomic mass is 35.5. The fourth-order valence-corrected chi connectivity index (χ4v) is 6.50. The molecule has 36 heavy (non-hydrogen) atoms. The van der Waals surface area contributed by atoms with Crippen LogP contribution in [0.2, 0.25) is 10.0 Å². The lowest BCUT2D eigenvalue weighted by atomic mass is 9.85. The monoisotopic (exact) mass is 551 g/mol. The van der Waals surface area contributed by atoms with Crippen LogP contribution in [0.3, 0.4) is 0 Å². The number of pyridine rings is 1. The summed E-state index contributed by atoms with van der Waals surface area (Å²) in [7, 11) is -1.63. The average molecular weight is 553 g/mol. The summed E-state index contributed by atoms with van der Waals surface area (Å²) < 4.78 is 26.8. The van der Waals surface area contributed by atoms with E-state index in [-0.39, 0.29) is 29.2 Å². The first-order valence-corrected chi connectivity index (χ1v) is 14.6. The lowest BCUT2D eigenvalue weighted by Crippen LogP contribution is -2.53. The maximum absolute atomic E-state index is 13.4. The van der Waals surface area contributed by atoms with Crippen LogP contribution in [-0.2, 0) is 14.8 Å². The van der Waals surface area contributed by atoms with Gasteiger partial charge in [0.1, 0.15) is 0 Å². The smallest absolute Gasteiger partial charge is 0.226 e. The number of nitrogens with zero attached hydrogens (tertiary/aromatic N) is 3. The van der Waals surface area contributed by atoms with Crippen LogP contribution in [0.1, 0.15) is 57.1 Å². The van der Waals surface area contributed by atoms with Crippen LogP contribution in [0.25, 0.3) is 0 Å². The molecule has 1 saturated carbocycles. The van der Waals surface area contributed by atoms with Gasteiger partial charge >= 0.3 is 0 Å². The summed E-state index contributed by atoms with van der Waals surface area (Å²) in [6, 6.07) is 11.0. The van der Waals surface area contributed by atoms with E-state index in [1.54, 1.807) is 37.7 Å². The van der Waals surface area contributed by atoms with Crippen LogP contribution in [0, 0.1) is 5.92 Å². The summed E-state index contributed by atoms with van der Waals surface area (Å²) >= 11 is 11.5. The number of likely N-dealkylation sites (N-methyl/N-ethyl adjacent to an activating group) is 1. The van der Waals surface area contributed by atoms with E-state index in [1.807, 2.05) is 36.1 Å². The first kappa shape index (κ1) is 28.6. The van der Waals surface area contributed by atoms with Gasteiger partial charge in [0.25, 0.3) is 0 Å². The van der Waals surface area contributed by atoms with E-state index in [2.05, 4.69) is 11.6 Å². The predicted molar refractivity (Wildman–Crippen MR) is 146 cm³/mol. The minimum absolute atomic E-state index is 0.0668. The maximum Gasteiger partial charge on any atom is 0.226 e. The SMILES string of the molecule is C=CCC1CCC(c2ccc(Cl)cc2)N(C(CC)CN(C)S(=O)(=O)C2CC2)C1=O.Clc1cccnc1. The molecule has 4 rings (SSSR count). The highest BCUT2D eigenvalue weighted by Crippen LogP contribution is 2.39.